The van der Waals surface area contributed by atoms with Crippen molar-refractivity contribution in [3.05, 3.63) is 58.5 Å². The maximum atomic E-state index is 12.5. The van der Waals surface area contributed by atoms with Crippen LogP contribution in [0.25, 0.3) is 6.08 Å². The molecule has 1 saturated heterocycles. The fourth-order valence-corrected chi connectivity index (χ4v) is 4.53. The van der Waals surface area contributed by atoms with Crippen LogP contribution in [-0.2, 0) is 14.9 Å². The molecule has 0 spiro atoms. The molecular formula is C19H17NO5S3. The Morgan fingerprint density at radius 3 is 2.36 bits per heavy atom. The molecule has 1 fully saturated rings. The molecule has 1 aliphatic heterocycles. The number of benzene rings is 2. The molecule has 0 radical (unpaired) electrons. The van der Waals surface area contributed by atoms with Gasteiger partial charge in [0.1, 0.15) is 9.22 Å². The van der Waals surface area contributed by atoms with Crippen molar-refractivity contribution in [2.45, 2.75) is 11.8 Å². The molecule has 9 heteroatoms. The lowest BCUT2D eigenvalue weighted by atomic mass is 10.2. The Labute approximate surface area is 173 Å². The van der Waals surface area contributed by atoms with Gasteiger partial charge < -0.3 is 8.92 Å². The molecule has 2 aromatic rings. The lowest BCUT2D eigenvalue weighted by molar-refractivity contribution is -0.121. The number of aryl methyl sites for hydroxylation is 1. The van der Waals surface area contributed by atoms with Crippen LogP contribution >= 0.6 is 24.0 Å². The van der Waals surface area contributed by atoms with Crippen LogP contribution in [0.3, 0.4) is 0 Å². The van der Waals surface area contributed by atoms with E-state index in [1.165, 1.54) is 42.0 Å². The monoisotopic (exact) mass is 435 g/mol. The summed E-state index contributed by atoms with van der Waals surface area (Å²) in [5.74, 6) is 0.107. The van der Waals surface area contributed by atoms with Crippen LogP contribution in [0.1, 0.15) is 11.1 Å². The summed E-state index contributed by atoms with van der Waals surface area (Å²) in [7, 11) is -0.969. The Morgan fingerprint density at radius 1 is 1.11 bits per heavy atom. The van der Waals surface area contributed by atoms with Gasteiger partial charge >= 0.3 is 10.1 Å². The molecule has 146 valence electrons. The van der Waals surface area contributed by atoms with Gasteiger partial charge in [-0.1, -0.05) is 47.7 Å². The van der Waals surface area contributed by atoms with E-state index in [2.05, 4.69) is 0 Å². The summed E-state index contributed by atoms with van der Waals surface area (Å²) in [6, 6.07) is 11.1. The van der Waals surface area contributed by atoms with Crippen LogP contribution in [0.4, 0.5) is 0 Å². The topological polar surface area (TPSA) is 72.9 Å². The number of carbonyl (C=O) groups excluding carboxylic acids is 1. The number of nitrogens with zero attached hydrogens (tertiary/aromatic N) is 1. The maximum Gasteiger partial charge on any atom is 0.339 e. The number of carbonyl (C=O) groups is 1. The highest BCUT2D eigenvalue weighted by molar-refractivity contribution is 8.26. The van der Waals surface area contributed by atoms with Gasteiger partial charge in [-0.15, -0.1) is 0 Å². The van der Waals surface area contributed by atoms with Gasteiger partial charge in [-0.2, -0.15) is 8.42 Å². The number of ether oxygens (including phenoxy) is 1. The van der Waals surface area contributed by atoms with Crippen LogP contribution in [0.15, 0.2) is 52.3 Å². The molecule has 0 aromatic heterocycles. The summed E-state index contributed by atoms with van der Waals surface area (Å²) in [5, 5.41) is 0. The van der Waals surface area contributed by atoms with Crippen LogP contribution in [0.2, 0.25) is 0 Å². The van der Waals surface area contributed by atoms with E-state index >= 15 is 0 Å². The van der Waals surface area contributed by atoms with Gasteiger partial charge in [-0.3, -0.25) is 9.69 Å². The smallest absolute Gasteiger partial charge is 0.339 e. The van der Waals surface area contributed by atoms with Gasteiger partial charge in [0.25, 0.3) is 5.91 Å². The molecular weight excluding hydrogens is 418 g/mol. The van der Waals surface area contributed by atoms with Crippen molar-refractivity contribution in [2.24, 2.45) is 0 Å². The number of amides is 1. The van der Waals surface area contributed by atoms with E-state index in [1.807, 2.05) is 6.92 Å². The van der Waals surface area contributed by atoms with E-state index in [1.54, 1.807) is 37.4 Å². The van der Waals surface area contributed by atoms with E-state index < -0.39 is 10.1 Å². The number of methoxy groups -OCH3 is 1. The van der Waals surface area contributed by atoms with Crippen LogP contribution in [-0.4, -0.2) is 37.7 Å². The predicted molar refractivity (Wildman–Crippen MR) is 113 cm³/mol. The number of hydrogen-bond donors (Lipinski definition) is 0. The van der Waals surface area contributed by atoms with Crippen molar-refractivity contribution in [3.63, 3.8) is 0 Å². The number of thioether (sulfide) groups is 1. The van der Waals surface area contributed by atoms with Crippen molar-refractivity contribution < 1.29 is 22.1 Å². The fourth-order valence-electron chi connectivity index (χ4n) is 2.41. The molecule has 1 aliphatic rings. The third-order valence-corrected chi connectivity index (χ3v) is 6.71. The Morgan fingerprint density at radius 2 is 1.79 bits per heavy atom. The minimum absolute atomic E-state index is 0.0517. The fraction of sp³-hybridized carbons (Fsp3) is 0.158. The van der Waals surface area contributed by atoms with E-state index in [0.717, 1.165) is 5.56 Å². The maximum absolute atomic E-state index is 12.5. The summed E-state index contributed by atoms with van der Waals surface area (Å²) < 4.78 is 36.0. The number of likely N-dealkylation sites (N-methyl/N-ethyl adjacent to an activating group) is 1. The summed E-state index contributed by atoms with van der Waals surface area (Å²) in [6.07, 6.45) is 1.67. The molecule has 0 bridgehead atoms. The van der Waals surface area contributed by atoms with Crippen LogP contribution in [0, 0.1) is 6.92 Å². The van der Waals surface area contributed by atoms with Crippen molar-refractivity contribution in [3.8, 4) is 11.5 Å². The van der Waals surface area contributed by atoms with Crippen LogP contribution < -0.4 is 8.92 Å². The van der Waals surface area contributed by atoms with E-state index in [-0.39, 0.29) is 22.3 Å². The minimum atomic E-state index is -4.00. The van der Waals surface area contributed by atoms with Gasteiger partial charge in [0.05, 0.1) is 12.0 Å². The highest BCUT2D eigenvalue weighted by Gasteiger charge is 2.28. The second-order valence-electron chi connectivity index (χ2n) is 6.00. The molecule has 1 amide bonds. The van der Waals surface area contributed by atoms with Gasteiger partial charge in [0.15, 0.2) is 11.5 Å². The van der Waals surface area contributed by atoms with Gasteiger partial charge in [-0.25, -0.2) is 0 Å². The van der Waals surface area contributed by atoms with Crippen molar-refractivity contribution in [1.29, 1.82) is 0 Å². The number of hydrogen-bond acceptors (Lipinski definition) is 7. The highest BCUT2D eigenvalue weighted by atomic mass is 32.2. The molecule has 0 unspecified atom stereocenters. The van der Waals surface area contributed by atoms with Crippen LogP contribution in [0.5, 0.6) is 11.5 Å². The molecule has 2 aromatic carbocycles. The number of thiocarbonyl (C=S) groups is 1. The molecule has 28 heavy (non-hydrogen) atoms. The quantitative estimate of drug-likeness (QED) is 0.404. The molecule has 6 nitrogen and oxygen atoms in total. The standard InChI is InChI=1S/C19H17NO5S3/c1-12-4-7-14(8-5-12)28(22,23)25-15-9-6-13(10-16(15)24-3)11-17-18(21)20(2)19(26)27-17/h4-11H,1-3H3/b17-11-. The minimum Gasteiger partial charge on any atom is -0.493 e. The molecule has 0 aliphatic carbocycles. The lowest BCUT2D eigenvalue weighted by Gasteiger charge is -2.11. The highest BCUT2D eigenvalue weighted by Crippen LogP contribution is 2.35. The SMILES string of the molecule is COc1cc(/C=C2\SC(=S)N(C)C2=O)ccc1OS(=O)(=O)c1ccc(C)cc1. The zero-order valence-corrected chi connectivity index (χ0v) is 17.8. The normalized spacial score (nSPS) is 16.0. The Balaban J connectivity index is 1.89. The first kappa shape index (κ1) is 20.4. The van der Waals surface area contributed by atoms with E-state index in [0.29, 0.717) is 14.8 Å². The number of rotatable bonds is 5. The molecule has 0 N–H and O–H groups in total. The molecule has 0 saturated carbocycles. The Kier molecular flexibility index (Phi) is 5.78. The Bertz CT molecular complexity index is 1080. The second kappa shape index (κ2) is 7.94. The van der Waals surface area contributed by atoms with Crippen molar-refractivity contribution in [2.75, 3.05) is 14.2 Å². The molecule has 0 atom stereocenters. The summed E-state index contributed by atoms with van der Waals surface area (Å²) in [5.41, 5.74) is 1.60. The van der Waals surface area contributed by atoms with Gasteiger partial charge in [-0.05, 0) is 42.8 Å². The van der Waals surface area contributed by atoms with E-state index in [9.17, 15) is 13.2 Å². The molecule has 3 rings (SSSR count). The zero-order valence-electron chi connectivity index (χ0n) is 15.3. The lowest BCUT2D eigenvalue weighted by Crippen LogP contribution is -2.22. The Hall–Kier alpha value is -2.36. The average Bonchev–Trinajstić information content (AvgIpc) is 2.90. The van der Waals surface area contributed by atoms with Gasteiger partial charge in [0, 0.05) is 7.05 Å². The first-order valence-electron chi connectivity index (χ1n) is 8.12. The zero-order chi connectivity index (χ0) is 20.5. The first-order chi connectivity index (χ1) is 13.2. The third kappa shape index (κ3) is 4.21. The van der Waals surface area contributed by atoms with E-state index in [4.69, 9.17) is 21.1 Å². The largest absolute Gasteiger partial charge is 0.493 e. The predicted octanol–water partition coefficient (Wildman–Crippen LogP) is 3.60. The van der Waals surface area contributed by atoms with Crippen molar-refractivity contribution in [1.82, 2.24) is 4.90 Å². The first-order valence-corrected chi connectivity index (χ1v) is 10.8. The summed E-state index contributed by atoms with van der Waals surface area (Å²) in [6.45, 7) is 1.87. The second-order valence-corrected chi connectivity index (χ2v) is 9.22. The average molecular weight is 436 g/mol. The summed E-state index contributed by atoms with van der Waals surface area (Å²) in [4.78, 5) is 14.1. The third-order valence-electron chi connectivity index (χ3n) is 3.98. The van der Waals surface area contributed by atoms with Gasteiger partial charge in [0.2, 0.25) is 0 Å². The van der Waals surface area contributed by atoms with Crippen molar-refractivity contribution >= 4 is 50.4 Å². The molecule has 1 heterocycles. The summed E-state index contributed by atoms with van der Waals surface area (Å²) >= 11 is 6.32.